The molecule has 0 saturated carbocycles. The minimum Gasteiger partial charge on any atom is -0.352 e. The quantitative estimate of drug-likeness (QED) is 0.178. The van der Waals surface area contributed by atoms with Gasteiger partial charge in [-0.15, -0.1) is 0 Å². The van der Waals surface area contributed by atoms with Gasteiger partial charge in [0.25, 0.3) is 10.0 Å². The van der Waals surface area contributed by atoms with Gasteiger partial charge in [-0.1, -0.05) is 110 Å². The van der Waals surface area contributed by atoms with Gasteiger partial charge in [0.2, 0.25) is 11.8 Å². The molecule has 2 unspecified atom stereocenters. The van der Waals surface area contributed by atoms with Gasteiger partial charge in [0.1, 0.15) is 12.6 Å². The van der Waals surface area contributed by atoms with Gasteiger partial charge in [-0.25, -0.2) is 8.42 Å². The second-order valence-electron chi connectivity index (χ2n) is 11.3. The first-order chi connectivity index (χ1) is 21.6. The fourth-order valence-electron chi connectivity index (χ4n) is 5.18. The number of amides is 2. The highest BCUT2D eigenvalue weighted by Crippen LogP contribution is 2.28. The molecule has 0 fully saturated rings. The van der Waals surface area contributed by atoms with Gasteiger partial charge >= 0.3 is 0 Å². The van der Waals surface area contributed by atoms with Gasteiger partial charge in [0.15, 0.2) is 0 Å². The van der Waals surface area contributed by atoms with E-state index in [1.807, 2.05) is 100 Å². The third-order valence-corrected chi connectivity index (χ3v) is 9.77. The zero-order valence-electron chi connectivity index (χ0n) is 26.5. The van der Waals surface area contributed by atoms with Gasteiger partial charge in [-0.3, -0.25) is 13.9 Å². The molecule has 8 heteroatoms. The third-order valence-electron chi connectivity index (χ3n) is 8.00. The molecular formula is C37H43N3O4S. The second-order valence-corrected chi connectivity index (χ2v) is 13.2. The Bertz CT molecular complexity index is 1660. The predicted molar refractivity (Wildman–Crippen MR) is 180 cm³/mol. The highest BCUT2D eigenvalue weighted by atomic mass is 32.2. The molecule has 0 heterocycles. The molecule has 0 radical (unpaired) electrons. The molecule has 0 aliphatic heterocycles. The number of aryl methyl sites for hydroxylation is 2. The lowest BCUT2D eigenvalue weighted by atomic mass is 10.0. The molecule has 0 saturated heterocycles. The molecule has 4 aromatic rings. The summed E-state index contributed by atoms with van der Waals surface area (Å²) in [5, 5.41) is 3.07. The van der Waals surface area contributed by atoms with E-state index >= 15 is 0 Å². The Morgan fingerprint density at radius 3 is 1.96 bits per heavy atom. The zero-order valence-corrected chi connectivity index (χ0v) is 27.3. The highest BCUT2D eigenvalue weighted by Gasteiger charge is 2.35. The maximum Gasteiger partial charge on any atom is 0.264 e. The van der Waals surface area contributed by atoms with Crippen LogP contribution < -0.4 is 9.62 Å². The molecule has 4 rings (SSSR count). The van der Waals surface area contributed by atoms with Crippen molar-refractivity contribution < 1.29 is 18.0 Å². The average molecular weight is 626 g/mol. The van der Waals surface area contributed by atoms with E-state index in [9.17, 15) is 18.0 Å². The lowest BCUT2D eigenvalue weighted by Gasteiger charge is -2.34. The maximum atomic E-state index is 14.6. The standard InChI is InChI=1S/C37H43N3O4S/c1-5-29(4)38-37(42)35(25-30-15-9-7-10-16-30)39(26-31-17-11-8-12-18-31)36(41)27-40(34-20-14-13-19-32(34)6-2)45(43,44)33-23-21-28(3)22-24-33/h7-24,29,35H,5-6,25-27H2,1-4H3,(H,38,42). The number of carbonyl (C=O) groups excluding carboxylic acids is 2. The first-order valence-electron chi connectivity index (χ1n) is 15.5. The predicted octanol–water partition coefficient (Wildman–Crippen LogP) is 6.31. The van der Waals surface area contributed by atoms with Gasteiger partial charge in [0.05, 0.1) is 10.6 Å². The van der Waals surface area contributed by atoms with Crippen LogP contribution in [0.15, 0.2) is 114 Å². The number of sulfonamides is 1. The number of para-hydroxylation sites is 1. The van der Waals surface area contributed by atoms with Crippen LogP contribution in [-0.2, 0) is 39.0 Å². The molecule has 7 nitrogen and oxygen atoms in total. The number of nitrogens with zero attached hydrogens (tertiary/aromatic N) is 2. The average Bonchev–Trinajstić information content (AvgIpc) is 3.06. The van der Waals surface area contributed by atoms with Crippen molar-refractivity contribution >= 4 is 27.5 Å². The van der Waals surface area contributed by atoms with Crippen LogP contribution in [0.1, 0.15) is 49.4 Å². The summed E-state index contributed by atoms with van der Waals surface area (Å²) in [6, 6.07) is 31.9. The van der Waals surface area contributed by atoms with Crippen molar-refractivity contribution in [2.75, 3.05) is 10.8 Å². The summed E-state index contributed by atoms with van der Waals surface area (Å²) in [5.74, 6) is -0.750. The molecule has 0 aliphatic rings. The van der Waals surface area contributed by atoms with Gasteiger partial charge < -0.3 is 10.2 Å². The molecule has 2 atom stereocenters. The van der Waals surface area contributed by atoms with Crippen LogP contribution in [0.2, 0.25) is 0 Å². The summed E-state index contributed by atoms with van der Waals surface area (Å²) >= 11 is 0. The van der Waals surface area contributed by atoms with Gasteiger partial charge in [-0.2, -0.15) is 0 Å². The van der Waals surface area contributed by atoms with Crippen LogP contribution in [0.5, 0.6) is 0 Å². The van der Waals surface area contributed by atoms with E-state index in [-0.39, 0.29) is 29.8 Å². The van der Waals surface area contributed by atoms with Crippen molar-refractivity contribution in [2.45, 2.75) is 70.5 Å². The lowest BCUT2D eigenvalue weighted by molar-refractivity contribution is -0.140. The van der Waals surface area contributed by atoms with Crippen molar-refractivity contribution in [1.29, 1.82) is 0 Å². The van der Waals surface area contributed by atoms with E-state index in [1.165, 1.54) is 9.21 Å². The van der Waals surface area contributed by atoms with Crippen LogP contribution in [-0.4, -0.2) is 43.8 Å². The van der Waals surface area contributed by atoms with Crippen LogP contribution in [0, 0.1) is 6.92 Å². The molecule has 45 heavy (non-hydrogen) atoms. The number of anilines is 1. The van der Waals surface area contributed by atoms with Crippen molar-refractivity contribution in [1.82, 2.24) is 10.2 Å². The Hall–Kier alpha value is -4.43. The molecule has 0 spiro atoms. The Kier molecular flexibility index (Phi) is 11.5. The molecule has 2 amide bonds. The van der Waals surface area contributed by atoms with Crippen molar-refractivity contribution in [3.05, 3.63) is 131 Å². The monoisotopic (exact) mass is 625 g/mol. The van der Waals surface area contributed by atoms with E-state index in [0.717, 1.165) is 28.7 Å². The first kappa shape index (κ1) is 33.5. The molecule has 0 aromatic heterocycles. The van der Waals surface area contributed by atoms with E-state index < -0.39 is 28.5 Å². The molecule has 0 bridgehead atoms. The van der Waals surface area contributed by atoms with Crippen LogP contribution in [0.25, 0.3) is 0 Å². The summed E-state index contributed by atoms with van der Waals surface area (Å²) in [4.78, 5) is 30.1. The maximum absolute atomic E-state index is 14.6. The molecular weight excluding hydrogens is 582 g/mol. The number of nitrogens with one attached hydrogen (secondary N) is 1. The van der Waals surface area contributed by atoms with Gasteiger partial charge in [0, 0.05) is 19.0 Å². The van der Waals surface area contributed by atoms with E-state index in [4.69, 9.17) is 0 Å². The van der Waals surface area contributed by atoms with E-state index in [1.54, 1.807) is 36.4 Å². The summed E-state index contributed by atoms with van der Waals surface area (Å²) in [5.41, 5.74) is 3.90. The van der Waals surface area contributed by atoms with E-state index in [2.05, 4.69) is 5.32 Å². The Balaban J connectivity index is 1.82. The SMILES string of the molecule is CCc1ccccc1N(CC(=O)N(Cc1ccccc1)C(Cc1ccccc1)C(=O)NC(C)CC)S(=O)(=O)c1ccc(C)cc1. The molecule has 0 aliphatic carbocycles. The lowest BCUT2D eigenvalue weighted by Crippen LogP contribution is -2.54. The third kappa shape index (κ3) is 8.60. The Morgan fingerprint density at radius 2 is 1.36 bits per heavy atom. The summed E-state index contributed by atoms with van der Waals surface area (Å²) in [6.07, 6.45) is 1.58. The first-order valence-corrected chi connectivity index (χ1v) is 16.9. The van der Waals surface area contributed by atoms with Crippen LogP contribution in [0.4, 0.5) is 5.69 Å². The van der Waals surface area contributed by atoms with Gasteiger partial charge in [-0.05, 0) is 61.6 Å². The van der Waals surface area contributed by atoms with Crippen LogP contribution in [0.3, 0.4) is 0 Å². The number of rotatable bonds is 14. The van der Waals surface area contributed by atoms with Crippen molar-refractivity contribution in [2.24, 2.45) is 0 Å². The Morgan fingerprint density at radius 1 is 0.778 bits per heavy atom. The molecule has 1 N–H and O–H groups in total. The highest BCUT2D eigenvalue weighted by molar-refractivity contribution is 7.92. The zero-order chi connectivity index (χ0) is 32.4. The van der Waals surface area contributed by atoms with Crippen molar-refractivity contribution in [3.8, 4) is 0 Å². The van der Waals surface area contributed by atoms with E-state index in [0.29, 0.717) is 12.1 Å². The number of benzene rings is 4. The summed E-state index contributed by atoms with van der Waals surface area (Å²) < 4.78 is 29.8. The van der Waals surface area contributed by atoms with Crippen molar-refractivity contribution in [3.63, 3.8) is 0 Å². The summed E-state index contributed by atoms with van der Waals surface area (Å²) in [7, 11) is -4.15. The fraction of sp³-hybridized carbons (Fsp3) is 0.297. The minimum absolute atomic E-state index is 0.0942. The number of hydrogen-bond acceptors (Lipinski definition) is 4. The Labute approximate surface area is 268 Å². The number of hydrogen-bond donors (Lipinski definition) is 1. The second kappa shape index (κ2) is 15.5. The normalized spacial score (nSPS) is 12.6. The minimum atomic E-state index is -4.15. The fourth-order valence-corrected chi connectivity index (χ4v) is 6.63. The van der Waals surface area contributed by atoms with Crippen LogP contribution >= 0.6 is 0 Å². The molecule has 236 valence electrons. The molecule has 4 aromatic carbocycles. The summed E-state index contributed by atoms with van der Waals surface area (Å²) in [6.45, 7) is 7.43. The number of carbonyl (C=O) groups is 2. The largest absolute Gasteiger partial charge is 0.352 e. The topological polar surface area (TPSA) is 86.8 Å². The smallest absolute Gasteiger partial charge is 0.264 e.